The van der Waals surface area contributed by atoms with E-state index in [0.717, 1.165) is 37.7 Å². The van der Waals surface area contributed by atoms with Crippen LogP contribution in [0.1, 0.15) is 16.7 Å². The van der Waals surface area contributed by atoms with Gasteiger partial charge in [-0.3, -0.25) is 4.90 Å². The number of ether oxygens (including phenoxy) is 1. The largest absolute Gasteiger partial charge is 0.497 e. The minimum absolute atomic E-state index is 0.781. The molecule has 0 fully saturated rings. The topological polar surface area (TPSA) is 28.6 Å². The van der Waals surface area contributed by atoms with Gasteiger partial charge in [0.15, 0.2) is 0 Å². The Bertz CT molecular complexity index is 1090. The van der Waals surface area contributed by atoms with Crippen molar-refractivity contribution >= 4 is 11.4 Å². The van der Waals surface area contributed by atoms with Gasteiger partial charge in [0.25, 0.3) is 0 Å². The molecule has 150 valence electrons. The highest BCUT2D eigenvalue weighted by molar-refractivity contribution is 5.89. The lowest BCUT2D eigenvalue weighted by Gasteiger charge is -2.35. The van der Waals surface area contributed by atoms with Crippen molar-refractivity contribution in [3.63, 3.8) is 0 Å². The van der Waals surface area contributed by atoms with Crippen LogP contribution in [0.2, 0.25) is 0 Å². The Labute approximate surface area is 177 Å². The van der Waals surface area contributed by atoms with Crippen molar-refractivity contribution in [1.82, 2.24) is 9.88 Å². The lowest BCUT2D eigenvalue weighted by atomic mass is 9.92. The average molecular weight is 396 g/mol. The maximum Gasteiger partial charge on any atom is 0.140 e. The summed E-state index contributed by atoms with van der Waals surface area (Å²) in [7, 11) is 1.70. The van der Waals surface area contributed by atoms with Crippen LogP contribution >= 0.6 is 0 Å². The molecule has 0 saturated carbocycles. The van der Waals surface area contributed by atoms with Gasteiger partial charge in [-0.25, -0.2) is 4.98 Å². The zero-order valence-corrected chi connectivity index (χ0v) is 17.2. The Morgan fingerprint density at radius 2 is 1.70 bits per heavy atom. The SMILES string of the molecule is COc1ccc(CN2C=C3CN(Cc4ccccc4)CC=C3c3cccnc32)cc1. The summed E-state index contributed by atoms with van der Waals surface area (Å²) in [6.07, 6.45) is 6.51. The highest BCUT2D eigenvalue weighted by Gasteiger charge is 2.27. The van der Waals surface area contributed by atoms with E-state index in [0.29, 0.717) is 0 Å². The molecule has 0 unspecified atom stereocenters. The number of hydrogen-bond acceptors (Lipinski definition) is 4. The highest BCUT2D eigenvalue weighted by Crippen LogP contribution is 2.38. The first kappa shape index (κ1) is 18.6. The smallest absolute Gasteiger partial charge is 0.140 e. The molecule has 4 heteroatoms. The van der Waals surface area contributed by atoms with Crippen molar-refractivity contribution in [2.45, 2.75) is 13.1 Å². The zero-order valence-electron chi connectivity index (χ0n) is 17.2. The van der Waals surface area contributed by atoms with Crippen LogP contribution in [0.3, 0.4) is 0 Å². The molecule has 2 aliphatic heterocycles. The first-order valence-corrected chi connectivity index (χ1v) is 10.3. The number of methoxy groups -OCH3 is 1. The molecule has 2 aliphatic rings. The zero-order chi connectivity index (χ0) is 20.3. The van der Waals surface area contributed by atoms with Gasteiger partial charge in [-0.15, -0.1) is 0 Å². The molecule has 5 rings (SSSR count). The van der Waals surface area contributed by atoms with Crippen LogP contribution in [0.15, 0.2) is 90.8 Å². The van der Waals surface area contributed by atoms with E-state index in [-0.39, 0.29) is 0 Å². The normalized spacial score (nSPS) is 15.7. The molecule has 0 saturated heterocycles. The van der Waals surface area contributed by atoms with Gasteiger partial charge in [0.05, 0.1) is 7.11 Å². The van der Waals surface area contributed by atoms with E-state index in [4.69, 9.17) is 9.72 Å². The maximum absolute atomic E-state index is 5.30. The molecule has 0 aliphatic carbocycles. The second-order valence-corrected chi connectivity index (χ2v) is 7.78. The van der Waals surface area contributed by atoms with E-state index in [9.17, 15) is 0 Å². The number of fused-ring (bicyclic) bond motifs is 3. The van der Waals surface area contributed by atoms with Crippen LogP contribution in [0.5, 0.6) is 5.75 Å². The first-order chi connectivity index (χ1) is 14.8. The van der Waals surface area contributed by atoms with Crippen LogP contribution in [0.4, 0.5) is 5.82 Å². The number of anilines is 1. The Morgan fingerprint density at radius 3 is 2.50 bits per heavy atom. The van der Waals surface area contributed by atoms with E-state index < -0.39 is 0 Å². The summed E-state index contributed by atoms with van der Waals surface area (Å²) < 4.78 is 5.30. The molecular formula is C26H25N3O. The molecule has 3 heterocycles. The Kier molecular flexibility index (Phi) is 5.08. The molecule has 0 bridgehead atoms. The fraction of sp³-hybridized carbons (Fsp3) is 0.192. The summed E-state index contributed by atoms with van der Waals surface area (Å²) in [4.78, 5) is 9.47. The van der Waals surface area contributed by atoms with Gasteiger partial charge in [0, 0.05) is 44.1 Å². The summed E-state index contributed by atoms with van der Waals surface area (Å²) in [6.45, 7) is 3.63. The lowest BCUT2D eigenvalue weighted by molar-refractivity contribution is 0.317. The van der Waals surface area contributed by atoms with E-state index in [1.807, 2.05) is 24.4 Å². The van der Waals surface area contributed by atoms with Crippen LogP contribution in [0.25, 0.3) is 5.57 Å². The summed E-state index contributed by atoms with van der Waals surface area (Å²) >= 11 is 0. The van der Waals surface area contributed by atoms with Gasteiger partial charge in [-0.1, -0.05) is 48.5 Å². The summed E-state index contributed by atoms with van der Waals surface area (Å²) in [6, 6.07) is 23.2. The van der Waals surface area contributed by atoms with Crippen molar-refractivity contribution < 1.29 is 4.74 Å². The van der Waals surface area contributed by atoms with E-state index in [1.54, 1.807) is 7.11 Å². The standard InChI is InChI=1S/C26H25N3O/c1-30-23-11-9-21(10-12-23)17-29-19-22-18-28(16-20-6-3-2-4-7-20)15-13-24(22)25-8-5-14-27-26(25)29/h2-14,19H,15-18H2,1H3. The number of benzene rings is 2. The minimum Gasteiger partial charge on any atom is -0.497 e. The molecular weight excluding hydrogens is 370 g/mol. The van der Waals surface area contributed by atoms with Crippen molar-refractivity contribution in [3.8, 4) is 5.75 Å². The molecule has 0 amide bonds. The molecule has 0 spiro atoms. The monoisotopic (exact) mass is 395 g/mol. The van der Waals surface area contributed by atoms with Crippen molar-refractivity contribution in [2.75, 3.05) is 25.1 Å². The second-order valence-electron chi connectivity index (χ2n) is 7.78. The van der Waals surface area contributed by atoms with Crippen LogP contribution in [-0.4, -0.2) is 30.1 Å². The van der Waals surface area contributed by atoms with E-state index in [1.165, 1.54) is 27.8 Å². The second kappa shape index (κ2) is 8.17. The predicted octanol–water partition coefficient (Wildman–Crippen LogP) is 4.89. The van der Waals surface area contributed by atoms with E-state index in [2.05, 4.69) is 70.6 Å². The van der Waals surface area contributed by atoms with Crippen LogP contribution < -0.4 is 9.64 Å². The van der Waals surface area contributed by atoms with Gasteiger partial charge in [-0.05, 0) is 46.5 Å². The van der Waals surface area contributed by atoms with Crippen molar-refractivity contribution in [3.05, 3.63) is 107 Å². The van der Waals surface area contributed by atoms with Gasteiger partial charge < -0.3 is 9.64 Å². The molecule has 30 heavy (non-hydrogen) atoms. The third-order valence-electron chi connectivity index (χ3n) is 5.72. The first-order valence-electron chi connectivity index (χ1n) is 10.3. The number of hydrogen-bond donors (Lipinski definition) is 0. The fourth-order valence-electron chi connectivity index (χ4n) is 4.23. The lowest BCUT2D eigenvalue weighted by Crippen LogP contribution is -2.33. The Morgan fingerprint density at radius 1 is 0.900 bits per heavy atom. The molecule has 0 radical (unpaired) electrons. The predicted molar refractivity (Wildman–Crippen MR) is 121 cm³/mol. The number of pyridine rings is 1. The van der Waals surface area contributed by atoms with Crippen LogP contribution in [0, 0.1) is 0 Å². The third kappa shape index (κ3) is 3.74. The molecule has 1 aromatic heterocycles. The van der Waals surface area contributed by atoms with Crippen molar-refractivity contribution in [2.24, 2.45) is 0 Å². The molecule has 3 aromatic rings. The number of aromatic nitrogens is 1. The van der Waals surface area contributed by atoms with Crippen LogP contribution in [-0.2, 0) is 13.1 Å². The molecule has 0 N–H and O–H groups in total. The minimum atomic E-state index is 0.781. The van der Waals surface area contributed by atoms with Gasteiger partial charge in [-0.2, -0.15) is 0 Å². The van der Waals surface area contributed by atoms with Gasteiger partial charge >= 0.3 is 0 Å². The summed E-state index contributed by atoms with van der Waals surface area (Å²) in [5, 5.41) is 0. The quantitative estimate of drug-likeness (QED) is 0.615. The molecule has 0 atom stereocenters. The molecule has 2 aromatic carbocycles. The third-order valence-corrected chi connectivity index (χ3v) is 5.72. The summed E-state index contributed by atoms with van der Waals surface area (Å²) in [5.74, 6) is 1.91. The maximum atomic E-state index is 5.30. The fourth-order valence-corrected chi connectivity index (χ4v) is 4.23. The summed E-state index contributed by atoms with van der Waals surface area (Å²) in [5.41, 5.74) is 6.49. The number of rotatable bonds is 5. The van der Waals surface area contributed by atoms with E-state index >= 15 is 0 Å². The Hall–Kier alpha value is -3.37. The van der Waals surface area contributed by atoms with Crippen molar-refractivity contribution in [1.29, 1.82) is 0 Å². The molecule has 4 nitrogen and oxygen atoms in total. The Balaban J connectivity index is 1.43. The average Bonchev–Trinajstić information content (AvgIpc) is 2.80. The van der Waals surface area contributed by atoms with Gasteiger partial charge in [0.2, 0.25) is 0 Å². The van der Waals surface area contributed by atoms with Gasteiger partial charge in [0.1, 0.15) is 11.6 Å². The highest BCUT2D eigenvalue weighted by atomic mass is 16.5. The number of nitrogens with zero attached hydrogens (tertiary/aromatic N) is 3.